The normalized spacial score (nSPS) is 11.2. The summed E-state index contributed by atoms with van der Waals surface area (Å²) in [7, 11) is 0. The number of nitrogens with zero attached hydrogens (tertiary/aromatic N) is 4. The van der Waals surface area contributed by atoms with Crippen LogP contribution in [0.25, 0.3) is 22.2 Å². The van der Waals surface area contributed by atoms with Gasteiger partial charge in [0.2, 0.25) is 0 Å². The molecule has 1 N–H and O–H groups in total. The Morgan fingerprint density at radius 2 is 1.94 bits per heavy atom. The number of hydrogen-bond donors (Lipinski definition) is 1. The zero-order valence-electron chi connectivity index (χ0n) is 17.9. The molecule has 0 aliphatic heterocycles. The van der Waals surface area contributed by atoms with E-state index < -0.39 is 0 Å². The summed E-state index contributed by atoms with van der Waals surface area (Å²) in [4.78, 5) is 16.9. The van der Waals surface area contributed by atoms with Crippen LogP contribution in [-0.2, 0) is 13.1 Å². The van der Waals surface area contributed by atoms with Crippen LogP contribution >= 0.6 is 0 Å². The molecule has 7 heteroatoms. The van der Waals surface area contributed by atoms with E-state index in [0.29, 0.717) is 18.0 Å². The second-order valence-corrected chi connectivity index (χ2v) is 7.92. The van der Waals surface area contributed by atoms with Crippen LogP contribution in [0.3, 0.4) is 0 Å². The number of fused-ring (bicyclic) bond motifs is 1. The monoisotopic (exact) mass is 425 g/mol. The van der Waals surface area contributed by atoms with E-state index in [1.807, 2.05) is 42.1 Å². The number of carbonyl (C=O) groups is 1. The summed E-state index contributed by atoms with van der Waals surface area (Å²) in [6.45, 7) is 5.55. The minimum Gasteiger partial charge on any atom is -0.443 e. The van der Waals surface area contributed by atoms with Gasteiger partial charge in [0.1, 0.15) is 0 Å². The summed E-state index contributed by atoms with van der Waals surface area (Å²) >= 11 is 0. The Morgan fingerprint density at radius 3 is 2.81 bits per heavy atom. The maximum Gasteiger partial charge on any atom is 0.278 e. The van der Waals surface area contributed by atoms with Crippen LogP contribution in [0.15, 0.2) is 77.9 Å². The summed E-state index contributed by atoms with van der Waals surface area (Å²) < 4.78 is 9.52. The van der Waals surface area contributed by atoms with Crippen LogP contribution in [-0.4, -0.2) is 25.2 Å². The quantitative estimate of drug-likeness (QED) is 0.412. The van der Waals surface area contributed by atoms with Crippen molar-refractivity contribution in [2.75, 3.05) is 5.32 Å². The Hall–Kier alpha value is -4.13. The smallest absolute Gasteiger partial charge is 0.278 e. The first-order chi connectivity index (χ1) is 15.6. The molecule has 7 nitrogen and oxygen atoms in total. The molecule has 0 bridgehead atoms. The van der Waals surface area contributed by atoms with Crippen molar-refractivity contribution in [3.63, 3.8) is 0 Å². The molecule has 3 aromatic heterocycles. The van der Waals surface area contributed by atoms with Gasteiger partial charge >= 0.3 is 0 Å². The van der Waals surface area contributed by atoms with E-state index >= 15 is 0 Å². The van der Waals surface area contributed by atoms with Crippen molar-refractivity contribution in [2.45, 2.75) is 26.9 Å². The number of anilines is 1. The number of benzene rings is 2. The molecule has 0 radical (unpaired) electrons. The Balaban J connectivity index is 1.27. The van der Waals surface area contributed by atoms with Gasteiger partial charge in [-0.2, -0.15) is 5.10 Å². The minimum absolute atomic E-state index is 0.248. The van der Waals surface area contributed by atoms with Gasteiger partial charge in [0.25, 0.3) is 5.91 Å². The van der Waals surface area contributed by atoms with E-state index in [-0.39, 0.29) is 11.6 Å². The second-order valence-electron chi connectivity index (χ2n) is 7.92. The summed E-state index contributed by atoms with van der Waals surface area (Å²) in [6, 6.07) is 16.3. The van der Waals surface area contributed by atoms with Crippen molar-refractivity contribution in [2.24, 2.45) is 0 Å². The first-order valence-electron chi connectivity index (χ1n) is 10.5. The highest BCUT2D eigenvalue weighted by atomic mass is 16.3. The molecular formula is C25H23N5O2. The molecule has 0 unspecified atom stereocenters. The fourth-order valence-corrected chi connectivity index (χ4v) is 3.86. The van der Waals surface area contributed by atoms with Crippen LogP contribution in [0, 0.1) is 13.8 Å². The van der Waals surface area contributed by atoms with E-state index in [4.69, 9.17) is 4.42 Å². The zero-order valence-corrected chi connectivity index (χ0v) is 17.9. The third-order valence-corrected chi connectivity index (χ3v) is 5.45. The van der Waals surface area contributed by atoms with Gasteiger partial charge in [0.15, 0.2) is 17.8 Å². The summed E-state index contributed by atoms with van der Waals surface area (Å²) in [5.41, 5.74) is 5.21. The maximum absolute atomic E-state index is 12.8. The van der Waals surface area contributed by atoms with E-state index in [9.17, 15) is 4.79 Å². The molecule has 5 rings (SSSR count). The molecule has 0 spiro atoms. The van der Waals surface area contributed by atoms with Crippen LogP contribution in [0.5, 0.6) is 0 Å². The molecule has 0 atom stereocenters. The third-order valence-electron chi connectivity index (χ3n) is 5.45. The average Bonchev–Trinajstić information content (AvgIpc) is 3.52. The van der Waals surface area contributed by atoms with Crippen LogP contribution < -0.4 is 5.32 Å². The summed E-state index contributed by atoms with van der Waals surface area (Å²) in [5.74, 6) is 0.120. The molecule has 2 aromatic carbocycles. The predicted molar refractivity (Wildman–Crippen MR) is 124 cm³/mol. The van der Waals surface area contributed by atoms with Gasteiger partial charge in [0, 0.05) is 30.0 Å². The fraction of sp³-hybridized carbons (Fsp3) is 0.160. The number of amides is 1. The van der Waals surface area contributed by atoms with Gasteiger partial charge in [-0.3, -0.25) is 9.48 Å². The molecule has 0 fully saturated rings. The number of hydrogen-bond acceptors (Lipinski definition) is 4. The van der Waals surface area contributed by atoms with Gasteiger partial charge in [-0.15, -0.1) is 0 Å². The average molecular weight is 425 g/mol. The van der Waals surface area contributed by atoms with Crippen molar-refractivity contribution in [3.05, 3.63) is 90.3 Å². The van der Waals surface area contributed by atoms with Crippen molar-refractivity contribution in [1.82, 2.24) is 19.3 Å². The SMILES string of the molecule is Cc1cccc(-c2ocnc2C(=O)Nc2cnn(CCn3ccc4cc(C)ccc43)c2)c1. The lowest BCUT2D eigenvalue weighted by Gasteiger charge is -2.06. The molecule has 0 aliphatic carbocycles. The van der Waals surface area contributed by atoms with Crippen molar-refractivity contribution in [3.8, 4) is 11.3 Å². The van der Waals surface area contributed by atoms with E-state index in [0.717, 1.165) is 17.7 Å². The predicted octanol–water partition coefficient (Wildman–Crippen LogP) is 5.06. The summed E-state index contributed by atoms with van der Waals surface area (Å²) in [6.07, 6.45) is 6.84. The first-order valence-corrected chi connectivity index (χ1v) is 10.5. The minimum atomic E-state index is -0.332. The number of carbonyl (C=O) groups excluding carboxylic acids is 1. The molecule has 1 amide bonds. The maximum atomic E-state index is 12.8. The van der Waals surface area contributed by atoms with Gasteiger partial charge in [-0.25, -0.2) is 4.98 Å². The lowest BCUT2D eigenvalue weighted by molar-refractivity contribution is 0.102. The highest BCUT2D eigenvalue weighted by molar-refractivity contribution is 6.06. The van der Waals surface area contributed by atoms with E-state index in [1.54, 1.807) is 6.20 Å². The molecular weight excluding hydrogens is 402 g/mol. The molecule has 3 heterocycles. The number of aromatic nitrogens is 4. The lowest BCUT2D eigenvalue weighted by Crippen LogP contribution is -2.13. The van der Waals surface area contributed by atoms with Gasteiger partial charge in [-0.1, -0.05) is 35.4 Å². The third kappa shape index (κ3) is 3.92. The topological polar surface area (TPSA) is 77.9 Å². The van der Waals surface area contributed by atoms with Gasteiger partial charge < -0.3 is 14.3 Å². The fourth-order valence-electron chi connectivity index (χ4n) is 3.86. The molecule has 32 heavy (non-hydrogen) atoms. The zero-order chi connectivity index (χ0) is 22.1. The van der Waals surface area contributed by atoms with Gasteiger partial charge in [0.05, 0.1) is 18.4 Å². The van der Waals surface area contributed by atoms with E-state index in [2.05, 4.69) is 57.4 Å². The number of oxazole rings is 1. The lowest BCUT2D eigenvalue weighted by atomic mass is 10.1. The van der Waals surface area contributed by atoms with Gasteiger partial charge in [-0.05, 0) is 43.5 Å². The number of nitrogens with one attached hydrogen (secondary N) is 1. The molecule has 0 aliphatic rings. The van der Waals surface area contributed by atoms with Crippen LogP contribution in [0.1, 0.15) is 21.6 Å². The first kappa shape index (κ1) is 19.8. The van der Waals surface area contributed by atoms with Crippen LogP contribution in [0.2, 0.25) is 0 Å². The second kappa shape index (κ2) is 8.19. The Labute approximate surface area is 185 Å². The Bertz CT molecular complexity index is 1410. The Kier molecular flexibility index (Phi) is 5.07. The molecule has 0 saturated carbocycles. The summed E-state index contributed by atoms with van der Waals surface area (Å²) in [5, 5.41) is 8.48. The molecule has 0 saturated heterocycles. The van der Waals surface area contributed by atoms with E-state index in [1.165, 1.54) is 22.9 Å². The molecule has 5 aromatic rings. The Morgan fingerprint density at radius 1 is 1.06 bits per heavy atom. The van der Waals surface area contributed by atoms with Crippen LogP contribution in [0.4, 0.5) is 5.69 Å². The number of aryl methyl sites for hydroxylation is 4. The van der Waals surface area contributed by atoms with Crippen molar-refractivity contribution >= 4 is 22.5 Å². The molecule has 160 valence electrons. The van der Waals surface area contributed by atoms with Crippen molar-refractivity contribution < 1.29 is 9.21 Å². The number of rotatable bonds is 6. The standard InChI is InChI=1S/C25H23N5O2/c1-17-4-3-5-20(13-17)24-23(26-16-32-24)25(31)28-21-14-27-30(15-21)11-10-29-9-8-19-12-18(2)6-7-22(19)29/h3-9,12-16H,10-11H2,1-2H3,(H,28,31). The van der Waals surface area contributed by atoms with Crippen molar-refractivity contribution in [1.29, 1.82) is 0 Å². The largest absolute Gasteiger partial charge is 0.443 e. The highest BCUT2D eigenvalue weighted by Crippen LogP contribution is 2.25. The highest BCUT2D eigenvalue weighted by Gasteiger charge is 2.19.